The Labute approximate surface area is 97.6 Å². The second-order valence-electron chi connectivity index (χ2n) is 3.87. The van der Waals surface area contributed by atoms with Crippen molar-refractivity contribution < 1.29 is 14.3 Å². The van der Waals surface area contributed by atoms with Gasteiger partial charge in [0.25, 0.3) is 5.91 Å². The van der Waals surface area contributed by atoms with Crippen molar-refractivity contribution in [3.05, 3.63) is 22.4 Å². The summed E-state index contributed by atoms with van der Waals surface area (Å²) in [6.07, 6.45) is 1.24. The van der Waals surface area contributed by atoms with Crippen LogP contribution in [-0.4, -0.2) is 35.0 Å². The Bertz CT molecular complexity index is 460. The third-order valence-corrected chi connectivity index (χ3v) is 2.25. The molecule has 3 N–H and O–H groups in total. The minimum atomic E-state index is -0.745. The molecule has 1 rings (SSSR count). The Morgan fingerprint density at radius 1 is 1.41 bits per heavy atom. The van der Waals surface area contributed by atoms with Gasteiger partial charge in [0.1, 0.15) is 11.7 Å². The first-order chi connectivity index (χ1) is 7.95. The Morgan fingerprint density at radius 2 is 2.06 bits per heavy atom. The van der Waals surface area contributed by atoms with Crippen molar-refractivity contribution >= 4 is 11.9 Å². The van der Waals surface area contributed by atoms with E-state index in [9.17, 15) is 14.4 Å². The summed E-state index contributed by atoms with van der Waals surface area (Å²) < 4.78 is 4.58. The summed E-state index contributed by atoms with van der Waals surface area (Å²) in [6, 6.07) is -0.745. The number of methoxy groups -OCH3 is 1. The zero-order chi connectivity index (χ0) is 13.0. The van der Waals surface area contributed by atoms with E-state index in [2.05, 4.69) is 20.0 Å². The highest BCUT2D eigenvalue weighted by Gasteiger charge is 2.25. The molecular formula is C10H15N3O4. The van der Waals surface area contributed by atoms with Crippen molar-refractivity contribution in [3.8, 4) is 0 Å². The predicted octanol–water partition coefficient (Wildman–Crippen LogP) is -0.370. The highest BCUT2D eigenvalue weighted by atomic mass is 16.5. The summed E-state index contributed by atoms with van der Waals surface area (Å²) in [5.74, 6) is -1.17. The van der Waals surface area contributed by atoms with Crippen molar-refractivity contribution in [1.29, 1.82) is 0 Å². The van der Waals surface area contributed by atoms with Gasteiger partial charge in [0.2, 0.25) is 0 Å². The van der Waals surface area contributed by atoms with Crippen LogP contribution in [0.4, 0.5) is 0 Å². The normalized spacial score (nSPS) is 12.2. The summed E-state index contributed by atoms with van der Waals surface area (Å²) in [6.45, 7) is 3.56. The number of carbonyl (C=O) groups is 2. The van der Waals surface area contributed by atoms with Gasteiger partial charge < -0.3 is 20.0 Å². The van der Waals surface area contributed by atoms with Gasteiger partial charge in [-0.15, -0.1) is 0 Å². The van der Waals surface area contributed by atoms with Crippen molar-refractivity contribution in [2.45, 2.75) is 19.9 Å². The molecule has 0 spiro atoms. The molecule has 7 nitrogen and oxygen atoms in total. The molecule has 1 atom stereocenters. The smallest absolute Gasteiger partial charge is 0.328 e. The first-order valence-electron chi connectivity index (χ1n) is 5.12. The number of nitrogens with one attached hydrogen (secondary N) is 3. The van der Waals surface area contributed by atoms with Crippen LogP contribution in [0, 0.1) is 5.92 Å². The van der Waals surface area contributed by atoms with Crippen molar-refractivity contribution in [3.63, 3.8) is 0 Å². The molecule has 0 aliphatic heterocycles. The Kier molecular flexibility index (Phi) is 4.08. The van der Waals surface area contributed by atoms with Crippen LogP contribution in [0.25, 0.3) is 0 Å². The Hall–Kier alpha value is -2.05. The molecule has 0 bridgehead atoms. The summed E-state index contributed by atoms with van der Waals surface area (Å²) in [7, 11) is 1.25. The molecular weight excluding hydrogens is 226 g/mol. The van der Waals surface area contributed by atoms with Crippen LogP contribution in [0.5, 0.6) is 0 Å². The van der Waals surface area contributed by atoms with E-state index in [0.717, 1.165) is 0 Å². The number of amides is 1. The lowest BCUT2D eigenvalue weighted by Crippen LogP contribution is -2.45. The van der Waals surface area contributed by atoms with E-state index in [1.54, 1.807) is 13.8 Å². The van der Waals surface area contributed by atoms with Crippen LogP contribution in [-0.2, 0) is 9.53 Å². The van der Waals surface area contributed by atoms with Crippen LogP contribution in [0.2, 0.25) is 0 Å². The van der Waals surface area contributed by atoms with Crippen molar-refractivity contribution in [2.24, 2.45) is 5.92 Å². The zero-order valence-corrected chi connectivity index (χ0v) is 9.87. The molecule has 94 valence electrons. The third kappa shape index (κ3) is 3.20. The van der Waals surface area contributed by atoms with Gasteiger partial charge >= 0.3 is 11.7 Å². The third-order valence-electron chi connectivity index (χ3n) is 2.25. The maximum absolute atomic E-state index is 11.7. The number of rotatable bonds is 4. The maximum Gasteiger partial charge on any atom is 0.328 e. The van der Waals surface area contributed by atoms with Crippen molar-refractivity contribution in [1.82, 2.24) is 15.3 Å². The van der Waals surface area contributed by atoms with E-state index in [-0.39, 0.29) is 11.6 Å². The highest BCUT2D eigenvalue weighted by molar-refractivity contribution is 5.95. The molecule has 0 radical (unpaired) electrons. The molecule has 0 saturated carbocycles. The van der Waals surface area contributed by atoms with Crippen LogP contribution in [0.15, 0.2) is 11.0 Å². The number of ether oxygens (including phenoxy) is 1. The fraction of sp³-hybridized carbons (Fsp3) is 0.500. The number of H-pyrrole nitrogens is 2. The summed E-state index contributed by atoms with van der Waals surface area (Å²) in [5.41, 5.74) is -0.404. The Morgan fingerprint density at radius 3 is 2.47 bits per heavy atom. The van der Waals surface area contributed by atoms with Gasteiger partial charge in [-0.05, 0) is 5.92 Å². The molecule has 0 saturated heterocycles. The van der Waals surface area contributed by atoms with Crippen LogP contribution in [0.1, 0.15) is 24.3 Å². The lowest BCUT2D eigenvalue weighted by atomic mass is 10.0. The molecule has 1 amide bonds. The van der Waals surface area contributed by atoms with Gasteiger partial charge in [0.15, 0.2) is 0 Å². The minimum absolute atomic E-state index is 0.0737. The van der Waals surface area contributed by atoms with E-state index in [1.165, 1.54) is 13.3 Å². The molecule has 1 aromatic rings. The quantitative estimate of drug-likeness (QED) is 0.625. The monoisotopic (exact) mass is 241 g/mol. The van der Waals surface area contributed by atoms with Gasteiger partial charge in [-0.1, -0.05) is 13.8 Å². The second-order valence-corrected chi connectivity index (χ2v) is 3.87. The van der Waals surface area contributed by atoms with Crippen LogP contribution in [0.3, 0.4) is 0 Å². The van der Waals surface area contributed by atoms with Gasteiger partial charge in [-0.25, -0.2) is 9.59 Å². The summed E-state index contributed by atoms with van der Waals surface area (Å²) in [5, 5.41) is 2.49. The number of carbonyl (C=O) groups excluding carboxylic acids is 2. The van der Waals surface area contributed by atoms with E-state index in [4.69, 9.17) is 0 Å². The fourth-order valence-electron chi connectivity index (χ4n) is 1.30. The minimum Gasteiger partial charge on any atom is -0.467 e. The molecule has 0 aliphatic carbocycles. The van der Waals surface area contributed by atoms with Crippen LogP contribution >= 0.6 is 0 Å². The molecule has 0 fully saturated rings. The lowest BCUT2D eigenvalue weighted by Gasteiger charge is -2.19. The molecule has 17 heavy (non-hydrogen) atoms. The Balaban J connectivity index is 2.77. The van der Waals surface area contributed by atoms with E-state index in [1.807, 2.05) is 0 Å². The molecule has 1 aromatic heterocycles. The topological polar surface area (TPSA) is 104 Å². The maximum atomic E-state index is 11.7. The average Bonchev–Trinajstić information content (AvgIpc) is 2.71. The number of hydrogen-bond acceptors (Lipinski definition) is 4. The molecule has 0 aromatic carbocycles. The highest BCUT2D eigenvalue weighted by Crippen LogP contribution is 2.04. The average molecular weight is 241 g/mol. The van der Waals surface area contributed by atoms with Crippen LogP contribution < -0.4 is 11.0 Å². The molecule has 1 unspecified atom stereocenters. The van der Waals surface area contributed by atoms with E-state index in [0.29, 0.717) is 0 Å². The number of aromatic amines is 2. The summed E-state index contributed by atoms with van der Waals surface area (Å²) >= 11 is 0. The van der Waals surface area contributed by atoms with E-state index >= 15 is 0 Å². The zero-order valence-electron chi connectivity index (χ0n) is 9.87. The lowest BCUT2D eigenvalue weighted by molar-refractivity contribution is -0.144. The molecule has 7 heteroatoms. The number of hydrogen-bond donors (Lipinski definition) is 3. The largest absolute Gasteiger partial charge is 0.467 e. The standard InChI is InChI=1S/C10H15N3O4/c1-5(2)7(9(15)17-3)13-8(14)6-4-11-10(16)12-6/h4-5,7H,1-3H3,(H,13,14)(H2,11,12,16). The SMILES string of the molecule is COC(=O)C(NC(=O)c1c[nH]c(=O)[nH]1)C(C)C. The molecule has 0 aliphatic rings. The van der Waals surface area contributed by atoms with Gasteiger partial charge in [-0.2, -0.15) is 0 Å². The number of imidazole rings is 1. The van der Waals surface area contributed by atoms with Gasteiger partial charge in [0, 0.05) is 6.20 Å². The first kappa shape index (κ1) is 13.0. The summed E-state index contributed by atoms with van der Waals surface area (Å²) in [4.78, 5) is 38.5. The first-order valence-corrected chi connectivity index (χ1v) is 5.12. The van der Waals surface area contributed by atoms with E-state index < -0.39 is 23.6 Å². The fourth-order valence-corrected chi connectivity index (χ4v) is 1.30. The number of esters is 1. The van der Waals surface area contributed by atoms with Gasteiger partial charge in [0.05, 0.1) is 7.11 Å². The van der Waals surface area contributed by atoms with Crippen molar-refractivity contribution in [2.75, 3.05) is 7.11 Å². The second kappa shape index (κ2) is 5.33. The predicted molar refractivity (Wildman–Crippen MR) is 59.5 cm³/mol. The molecule has 1 heterocycles. The van der Waals surface area contributed by atoms with Gasteiger partial charge in [-0.3, -0.25) is 4.79 Å². The number of aromatic nitrogens is 2.